The monoisotopic (exact) mass is 272 g/mol. The molecule has 0 spiro atoms. The zero-order valence-corrected chi connectivity index (χ0v) is 12.2. The van der Waals surface area contributed by atoms with Gasteiger partial charge in [0, 0.05) is 30.9 Å². The molecule has 1 aliphatic rings. The van der Waals surface area contributed by atoms with E-state index >= 15 is 0 Å². The van der Waals surface area contributed by atoms with Gasteiger partial charge in [-0.15, -0.1) is 0 Å². The highest BCUT2D eigenvalue weighted by Crippen LogP contribution is 2.21. The highest BCUT2D eigenvalue weighted by atomic mass is 16.5. The average molecular weight is 272 g/mol. The van der Waals surface area contributed by atoms with Gasteiger partial charge in [0.25, 0.3) is 0 Å². The van der Waals surface area contributed by atoms with Crippen molar-refractivity contribution >= 4 is 10.9 Å². The molecule has 2 aromatic rings. The van der Waals surface area contributed by atoms with Crippen LogP contribution in [0.5, 0.6) is 0 Å². The first-order valence-corrected chi connectivity index (χ1v) is 7.67. The summed E-state index contributed by atoms with van der Waals surface area (Å²) in [4.78, 5) is 0. The van der Waals surface area contributed by atoms with E-state index in [2.05, 4.69) is 42.0 Å². The fourth-order valence-electron chi connectivity index (χ4n) is 3.08. The van der Waals surface area contributed by atoms with Crippen LogP contribution in [-0.4, -0.2) is 23.3 Å². The van der Waals surface area contributed by atoms with E-state index in [0.717, 1.165) is 26.0 Å². The highest BCUT2D eigenvalue weighted by molar-refractivity contribution is 5.80. The van der Waals surface area contributed by atoms with Gasteiger partial charge in [-0.05, 0) is 55.7 Å². The number of aryl methyl sites for hydroxylation is 1. The number of benzene rings is 1. The Morgan fingerprint density at radius 1 is 1.40 bits per heavy atom. The zero-order chi connectivity index (χ0) is 13.9. The predicted molar refractivity (Wildman–Crippen MR) is 82.9 cm³/mol. The molecule has 0 bridgehead atoms. The predicted octanol–water partition coefficient (Wildman–Crippen LogP) is 3.10. The van der Waals surface area contributed by atoms with Crippen LogP contribution >= 0.6 is 0 Å². The second-order valence-electron chi connectivity index (χ2n) is 6.01. The van der Waals surface area contributed by atoms with E-state index < -0.39 is 0 Å². The molecule has 2 N–H and O–H groups in total. The highest BCUT2D eigenvalue weighted by Gasteiger charge is 2.15. The fraction of sp³-hybridized carbons (Fsp3) is 0.529. The number of rotatable bonds is 5. The molecule has 1 fully saturated rings. The molecule has 1 aromatic heterocycles. The van der Waals surface area contributed by atoms with E-state index in [9.17, 15) is 0 Å². The molecule has 3 heteroatoms. The molecule has 1 saturated heterocycles. The van der Waals surface area contributed by atoms with Crippen LogP contribution in [0.2, 0.25) is 0 Å². The third-order valence-corrected chi connectivity index (χ3v) is 4.11. The van der Waals surface area contributed by atoms with Gasteiger partial charge in [-0.1, -0.05) is 12.1 Å². The molecule has 0 aliphatic carbocycles. The Hall–Kier alpha value is -1.32. The van der Waals surface area contributed by atoms with Crippen molar-refractivity contribution in [2.24, 2.45) is 5.73 Å². The normalized spacial score (nSPS) is 20.6. The molecular formula is C17H24N2O. The summed E-state index contributed by atoms with van der Waals surface area (Å²) < 4.78 is 8.06. The van der Waals surface area contributed by atoms with Crippen LogP contribution in [-0.2, 0) is 17.7 Å². The molecule has 0 radical (unpaired) electrons. The van der Waals surface area contributed by atoms with Crippen molar-refractivity contribution in [3.8, 4) is 0 Å². The van der Waals surface area contributed by atoms with Gasteiger partial charge in [-0.2, -0.15) is 0 Å². The summed E-state index contributed by atoms with van der Waals surface area (Å²) in [7, 11) is 0. The lowest BCUT2D eigenvalue weighted by Gasteiger charge is -2.12. The summed E-state index contributed by atoms with van der Waals surface area (Å²) in [5.41, 5.74) is 8.54. The standard InChI is InChI=1S/C17H24N2O/c1-13(18)11-14-4-5-15-6-8-19(17(15)12-14)9-7-16-3-2-10-20-16/h4-6,8,12-13,16H,2-3,7,9-11,18H2,1H3. The van der Waals surface area contributed by atoms with Crippen LogP contribution in [0.1, 0.15) is 31.7 Å². The van der Waals surface area contributed by atoms with Gasteiger partial charge in [0.2, 0.25) is 0 Å². The number of hydrogen-bond acceptors (Lipinski definition) is 2. The molecule has 0 amide bonds. The van der Waals surface area contributed by atoms with Gasteiger partial charge in [0.15, 0.2) is 0 Å². The minimum absolute atomic E-state index is 0.211. The number of aromatic nitrogens is 1. The van der Waals surface area contributed by atoms with Crippen molar-refractivity contribution in [1.82, 2.24) is 4.57 Å². The molecule has 3 nitrogen and oxygen atoms in total. The first-order valence-electron chi connectivity index (χ1n) is 7.67. The second kappa shape index (κ2) is 5.98. The van der Waals surface area contributed by atoms with Crippen LogP contribution in [0.25, 0.3) is 10.9 Å². The van der Waals surface area contributed by atoms with Gasteiger partial charge in [0.05, 0.1) is 6.10 Å². The maximum atomic E-state index is 5.90. The number of nitrogens with zero attached hydrogens (tertiary/aromatic N) is 1. The number of ether oxygens (including phenoxy) is 1. The summed E-state index contributed by atoms with van der Waals surface area (Å²) in [6.45, 7) is 4.03. The molecule has 0 saturated carbocycles. The Bertz CT molecular complexity index is 567. The Morgan fingerprint density at radius 2 is 2.30 bits per heavy atom. The molecule has 2 atom stereocenters. The summed E-state index contributed by atoms with van der Waals surface area (Å²) in [5.74, 6) is 0. The van der Waals surface area contributed by atoms with Crippen molar-refractivity contribution in [3.63, 3.8) is 0 Å². The first kappa shape index (κ1) is 13.7. The molecule has 3 rings (SSSR count). The molecule has 2 heterocycles. The second-order valence-corrected chi connectivity index (χ2v) is 6.01. The van der Waals surface area contributed by atoms with Crippen LogP contribution in [0.15, 0.2) is 30.5 Å². The Balaban J connectivity index is 1.75. The van der Waals surface area contributed by atoms with E-state index in [-0.39, 0.29) is 6.04 Å². The summed E-state index contributed by atoms with van der Waals surface area (Å²) in [6, 6.07) is 9.09. The van der Waals surface area contributed by atoms with Crippen LogP contribution in [0.3, 0.4) is 0 Å². The lowest BCUT2D eigenvalue weighted by Crippen LogP contribution is -2.17. The van der Waals surface area contributed by atoms with Crippen LogP contribution < -0.4 is 5.73 Å². The molecule has 108 valence electrons. The Morgan fingerprint density at radius 3 is 3.05 bits per heavy atom. The van der Waals surface area contributed by atoms with Gasteiger partial charge in [0.1, 0.15) is 0 Å². The van der Waals surface area contributed by atoms with Crippen molar-refractivity contribution in [3.05, 3.63) is 36.0 Å². The summed E-state index contributed by atoms with van der Waals surface area (Å²) in [5, 5.41) is 1.31. The van der Waals surface area contributed by atoms with E-state index in [0.29, 0.717) is 6.10 Å². The van der Waals surface area contributed by atoms with E-state index in [1.807, 2.05) is 0 Å². The lowest BCUT2D eigenvalue weighted by atomic mass is 10.1. The molecule has 1 aliphatic heterocycles. The molecule has 2 unspecified atom stereocenters. The van der Waals surface area contributed by atoms with Crippen molar-refractivity contribution in [2.75, 3.05) is 6.61 Å². The maximum Gasteiger partial charge on any atom is 0.0593 e. The van der Waals surface area contributed by atoms with Gasteiger partial charge >= 0.3 is 0 Å². The minimum atomic E-state index is 0.211. The first-order chi connectivity index (χ1) is 9.72. The van der Waals surface area contributed by atoms with E-state index in [1.165, 1.54) is 29.3 Å². The third kappa shape index (κ3) is 3.05. The summed E-state index contributed by atoms with van der Waals surface area (Å²) in [6.07, 6.45) is 7.13. The largest absolute Gasteiger partial charge is 0.378 e. The number of nitrogens with two attached hydrogens (primary N) is 1. The Labute approximate surface area is 120 Å². The smallest absolute Gasteiger partial charge is 0.0593 e. The van der Waals surface area contributed by atoms with Gasteiger partial charge in [-0.25, -0.2) is 0 Å². The zero-order valence-electron chi connectivity index (χ0n) is 12.2. The SMILES string of the molecule is CC(N)Cc1ccc2ccn(CCC3CCCO3)c2c1. The number of hydrogen-bond donors (Lipinski definition) is 1. The summed E-state index contributed by atoms with van der Waals surface area (Å²) >= 11 is 0. The van der Waals surface area contributed by atoms with Gasteiger partial charge < -0.3 is 15.0 Å². The molecular weight excluding hydrogens is 248 g/mol. The average Bonchev–Trinajstić information content (AvgIpc) is 3.04. The topological polar surface area (TPSA) is 40.2 Å². The van der Waals surface area contributed by atoms with Gasteiger partial charge in [-0.3, -0.25) is 0 Å². The quantitative estimate of drug-likeness (QED) is 0.908. The van der Waals surface area contributed by atoms with Crippen molar-refractivity contribution < 1.29 is 4.74 Å². The molecule has 20 heavy (non-hydrogen) atoms. The van der Waals surface area contributed by atoms with Crippen LogP contribution in [0, 0.1) is 0 Å². The van der Waals surface area contributed by atoms with Crippen molar-refractivity contribution in [2.45, 2.75) is 51.3 Å². The third-order valence-electron chi connectivity index (χ3n) is 4.11. The minimum Gasteiger partial charge on any atom is -0.378 e. The maximum absolute atomic E-state index is 5.90. The molecule has 1 aromatic carbocycles. The van der Waals surface area contributed by atoms with E-state index in [1.54, 1.807) is 0 Å². The lowest BCUT2D eigenvalue weighted by molar-refractivity contribution is 0.101. The Kier molecular flexibility index (Phi) is 4.08. The van der Waals surface area contributed by atoms with E-state index in [4.69, 9.17) is 10.5 Å². The fourth-order valence-corrected chi connectivity index (χ4v) is 3.08. The van der Waals surface area contributed by atoms with Crippen molar-refractivity contribution in [1.29, 1.82) is 0 Å². The van der Waals surface area contributed by atoms with Crippen LogP contribution in [0.4, 0.5) is 0 Å². The number of fused-ring (bicyclic) bond motifs is 1.